The summed E-state index contributed by atoms with van der Waals surface area (Å²) in [6.45, 7) is 4.51. The minimum absolute atomic E-state index is 0.0572. The first-order valence-corrected chi connectivity index (χ1v) is 17.5. The highest BCUT2D eigenvalue weighted by Crippen LogP contribution is 2.38. The van der Waals surface area contributed by atoms with Gasteiger partial charge in [0.25, 0.3) is 5.92 Å². The minimum Gasteiger partial charge on any atom is -0.326 e. The van der Waals surface area contributed by atoms with Crippen LogP contribution in [-0.2, 0) is 50.6 Å². The van der Waals surface area contributed by atoms with E-state index in [1.165, 1.54) is 15.2 Å². The number of halogens is 4. The zero-order valence-electron chi connectivity index (χ0n) is 29.0. The molecule has 6 aromatic heterocycles. The second kappa shape index (κ2) is 11.6. The summed E-state index contributed by atoms with van der Waals surface area (Å²) in [5.41, 5.74) is 6.45. The smallest absolute Gasteiger partial charge is 0.313 e. The van der Waals surface area contributed by atoms with Crippen LogP contribution in [0.15, 0.2) is 73.3 Å². The normalized spacial score (nSPS) is 13.5. The first kappa shape index (κ1) is 32.3. The Labute approximate surface area is 304 Å². The van der Waals surface area contributed by atoms with Crippen molar-refractivity contribution >= 4 is 11.3 Å². The van der Waals surface area contributed by atoms with Crippen LogP contribution in [0.3, 0.4) is 0 Å². The van der Waals surface area contributed by atoms with Crippen LogP contribution < -0.4 is 0 Å². The Balaban J connectivity index is 0.892. The quantitative estimate of drug-likeness (QED) is 0.164. The largest absolute Gasteiger partial charge is 0.326 e. The first-order valence-electron chi connectivity index (χ1n) is 17.5. The molecule has 0 atom stereocenters. The molecule has 8 aromatic rings. The van der Waals surface area contributed by atoms with Crippen LogP contribution >= 0.6 is 0 Å². The van der Waals surface area contributed by atoms with Crippen LogP contribution in [0.5, 0.6) is 0 Å². The van der Waals surface area contributed by atoms with E-state index in [4.69, 9.17) is 0 Å². The average Bonchev–Trinajstić information content (AvgIpc) is 3.98. The van der Waals surface area contributed by atoms with Gasteiger partial charge in [-0.15, -0.1) is 5.10 Å². The third kappa shape index (κ3) is 5.18. The fourth-order valence-electron chi connectivity index (χ4n) is 7.46. The van der Waals surface area contributed by atoms with E-state index in [2.05, 4.69) is 40.1 Å². The number of aryl methyl sites for hydroxylation is 4. The van der Waals surface area contributed by atoms with Gasteiger partial charge in [0, 0.05) is 49.0 Å². The van der Waals surface area contributed by atoms with Crippen LogP contribution in [-0.4, -0.2) is 58.3 Å². The summed E-state index contributed by atoms with van der Waals surface area (Å²) in [4.78, 5) is 26.5. The maximum atomic E-state index is 15.8. The van der Waals surface area contributed by atoms with E-state index < -0.39 is 30.5 Å². The molecule has 0 saturated carbocycles. The van der Waals surface area contributed by atoms with Crippen LogP contribution in [0.2, 0.25) is 0 Å². The standard InChI is InChI=1S/C38H30F4N12/c1-21-15-44-29(35-48-36(50-53(21)35)38(41,42)13-25-19-51-17-23-7-3-5-9-27(23)33(51)45-25)12-11-26-16-43-22(2)32-47-31(49-54(26)32)14-37(39,40)30-20-52-18-24-8-4-6-10-28(24)34(52)46-30/h3-10,15-16,19-20H,11-14,17-18H2,1-2H3. The Morgan fingerprint density at radius 2 is 1.37 bits per heavy atom. The van der Waals surface area contributed by atoms with Crippen molar-refractivity contribution in [2.45, 2.75) is 64.5 Å². The van der Waals surface area contributed by atoms with Crippen LogP contribution in [0.25, 0.3) is 34.1 Å². The van der Waals surface area contributed by atoms with E-state index in [1.54, 1.807) is 37.0 Å². The number of fused-ring (bicyclic) bond motifs is 8. The van der Waals surface area contributed by atoms with Gasteiger partial charge < -0.3 is 9.13 Å². The number of hydrogen-bond donors (Lipinski definition) is 0. The summed E-state index contributed by atoms with van der Waals surface area (Å²) < 4.78 is 69.5. The van der Waals surface area contributed by atoms with Crippen molar-refractivity contribution in [2.24, 2.45) is 0 Å². The minimum atomic E-state index is -3.40. The second-order valence-electron chi connectivity index (χ2n) is 14.0. The molecule has 2 aliphatic heterocycles. The summed E-state index contributed by atoms with van der Waals surface area (Å²) in [6.07, 6.45) is 5.35. The Morgan fingerprint density at radius 1 is 0.667 bits per heavy atom. The lowest BCUT2D eigenvalue weighted by atomic mass is 10.1. The van der Waals surface area contributed by atoms with Gasteiger partial charge in [-0.3, -0.25) is 9.97 Å². The van der Waals surface area contributed by atoms with Crippen molar-refractivity contribution in [2.75, 3.05) is 0 Å². The van der Waals surface area contributed by atoms with E-state index in [1.807, 2.05) is 53.1 Å². The highest BCUT2D eigenvalue weighted by Gasteiger charge is 2.40. The molecule has 0 unspecified atom stereocenters. The van der Waals surface area contributed by atoms with Crippen molar-refractivity contribution in [1.29, 1.82) is 0 Å². The van der Waals surface area contributed by atoms with Crippen LogP contribution in [0.4, 0.5) is 17.6 Å². The number of benzene rings is 2. The molecule has 12 nitrogen and oxygen atoms in total. The summed E-state index contributed by atoms with van der Waals surface area (Å²) in [6, 6.07) is 15.4. The molecule has 0 aliphatic carbocycles. The number of nitrogens with zero attached hydrogens (tertiary/aromatic N) is 12. The van der Waals surface area contributed by atoms with Gasteiger partial charge in [0.1, 0.15) is 17.3 Å². The average molecular weight is 731 g/mol. The van der Waals surface area contributed by atoms with Gasteiger partial charge in [-0.05, 0) is 37.8 Å². The molecule has 8 heterocycles. The molecular formula is C38H30F4N12. The molecule has 54 heavy (non-hydrogen) atoms. The maximum absolute atomic E-state index is 15.8. The van der Waals surface area contributed by atoms with E-state index in [9.17, 15) is 0 Å². The zero-order chi connectivity index (χ0) is 36.9. The molecule has 2 aromatic carbocycles. The number of aromatic nitrogens is 12. The lowest BCUT2D eigenvalue weighted by molar-refractivity contribution is -0.0139. The number of hydrogen-bond acceptors (Lipinski definition) is 8. The fourth-order valence-corrected chi connectivity index (χ4v) is 7.46. The Kier molecular flexibility index (Phi) is 6.94. The second-order valence-corrected chi connectivity index (χ2v) is 14.0. The monoisotopic (exact) mass is 730 g/mol. The number of alkyl halides is 4. The topological polar surface area (TPSA) is 122 Å². The van der Waals surface area contributed by atoms with Crippen LogP contribution in [0, 0.1) is 13.8 Å². The van der Waals surface area contributed by atoms with Gasteiger partial charge in [-0.25, -0.2) is 29.0 Å². The van der Waals surface area contributed by atoms with Crippen molar-refractivity contribution in [3.63, 3.8) is 0 Å². The predicted octanol–water partition coefficient (Wildman–Crippen LogP) is 6.08. The number of imidazole rings is 2. The molecule has 0 spiro atoms. The molecule has 0 amide bonds. The van der Waals surface area contributed by atoms with Gasteiger partial charge >= 0.3 is 5.92 Å². The van der Waals surface area contributed by atoms with Gasteiger partial charge in [-0.1, -0.05) is 48.5 Å². The van der Waals surface area contributed by atoms with E-state index >= 15 is 17.6 Å². The fraction of sp³-hybridized carbons (Fsp3) is 0.263. The van der Waals surface area contributed by atoms with Crippen molar-refractivity contribution < 1.29 is 17.6 Å². The Hall–Kier alpha value is -6.32. The van der Waals surface area contributed by atoms with Gasteiger partial charge in [-0.2, -0.15) is 22.7 Å². The molecule has 10 rings (SSSR count). The van der Waals surface area contributed by atoms with E-state index in [-0.39, 0.29) is 29.3 Å². The highest BCUT2D eigenvalue weighted by atomic mass is 19.3. The van der Waals surface area contributed by atoms with Crippen LogP contribution in [0.1, 0.15) is 56.9 Å². The van der Waals surface area contributed by atoms with Crippen molar-refractivity contribution in [3.8, 4) is 22.8 Å². The molecule has 0 bridgehead atoms. The summed E-state index contributed by atoms with van der Waals surface area (Å²) >= 11 is 0. The summed E-state index contributed by atoms with van der Waals surface area (Å²) in [5, 5.41) is 8.68. The summed E-state index contributed by atoms with van der Waals surface area (Å²) in [5.74, 6) is -6.23. The molecular weight excluding hydrogens is 700 g/mol. The lowest BCUT2D eigenvalue weighted by Gasteiger charge is -2.11. The zero-order valence-corrected chi connectivity index (χ0v) is 29.0. The van der Waals surface area contributed by atoms with Crippen molar-refractivity contribution in [1.82, 2.24) is 58.3 Å². The third-order valence-electron chi connectivity index (χ3n) is 10.2. The summed E-state index contributed by atoms with van der Waals surface area (Å²) in [7, 11) is 0. The predicted molar refractivity (Wildman–Crippen MR) is 187 cm³/mol. The third-order valence-corrected chi connectivity index (χ3v) is 10.2. The molecule has 2 aliphatic rings. The number of rotatable bonds is 9. The highest BCUT2D eigenvalue weighted by molar-refractivity contribution is 5.66. The van der Waals surface area contributed by atoms with Gasteiger partial charge in [0.2, 0.25) is 5.82 Å². The Bertz CT molecular complexity index is 2790. The lowest BCUT2D eigenvalue weighted by Crippen LogP contribution is -2.19. The SMILES string of the molecule is Cc1ncc(CCc2ncc(C)n3nc(C(F)(F)Cc4cn5c(n4)-c4ccccc4C5)nc23)n2nc(CC(F)(F)c3cn4c(n3)-c3ccccc3C4)nc12. The van der Waals surface area contributed by atoms with Gasteiger partial charge in [0.05, 0.1) is 41.3 Å². The molecule has 0 fully saturated rings. The maximum Gasteiger partial charge on any atom is 0.313 e. The molecule has 0 saturated heterocycles. The molecule has 0 radical (unpaired) electrons. The van der Waals surface area contributed by atoms with Gasteiger partial charge in [0.15, 0.2) is 17.1 Å². The van der Waals surface area contributed by atoms with Crippen molar-refractivity contribution in [3.05, 3.63) is 130 Å². The Morgan fingerprint density at radius 3 is 2.13 bits per heavy atom. The molecule has 270 valence electrons. The molecule has 0 N–H and O–H groups in total. The van der Waals surface area contributed by atoms with E-state index in [0.29, 0.717) is 59.6 Å². The first-order chi connectivity index (χ1) is 26.0. The molecule has 16 heteroatoms. The van der Waals surface area contributed by atoms with E-state index in [0.717, 1.165) is 22.3 Å².